The molecule has 35 heavy (non-hydrogen) atoms. The minimum absolute atomic E-state index is 0.0452. The van der Waals surface area contributed by atoms with Gasteiger partial charge in [0.05, 0.1) is 11.6 Å². The monoisotopic (exact) mass is 475 g/mol. The zero-order chi connectivity index (χ0) is 24.3. The van der Waals surface area contributed by atoms with Crippen LogP contribution in [0, 0.1) is 18.2 Å². The highest BCUT2D eigenvalue weighted by atomic mass is 19.1. The second-order valence-corrected chi connectivity index (χ2v) is 10.5. The van der Waals surface area contributed by atoms with E-state index >= 15 is 0 Å². The first kappa shape index (κ1) is 22.2. The smallest absolute Gasteiger partial charge is 0.274 e. The summed E-state index contributed by atoms with van der Waals surface area (Å²) in [7, 11) is 3.83. The van der Waals surface area contributed by atoms with Crippen LogP contribution in [0.2, 0.25) is 0 Å². The number of aromatic nitrogens is 5. The molecule has 4 heterocycles. The Morgan fingerprint density at radius 3 is 2.86 bits per heavy atom. The maximum Gasteiger partial charge on any atom is 0.274 e. The maximum atomic E-state index is 14.3. The van der Waals surface area contributed by atoms with E-state index in [2.05, 4.69) is 38.2 Å². The number of pyridine rings is 1. The Bertz CT molecular complexity index is 1480. The molecule has 6 rings (SSSR count). The fourth-order valence-electron chi connectivity index (χ4n) is 6.10. The quantitative estimate of drug-likeness (QED) is 0.427. The number of nitrogens with zero attached hydrogens (tertiary/aromatic N) is 7. The Hall–Kier alpha value is -3.33. The Balaban J connectivity index is 1.04. The SMILES string of the molecule is Cc1ccc(N(C)C2CC3(C2)CN(CCCc2cc4nncn4cc2F)C3)c2cnn(C)c(=O)c12. The van der Waals surface area contributed by atoms with E-state index in [0.29, 0.717) is 29.1 Å². The number of likely N-dealkylation sites (tertiary alicyclic amines) is 1. The van der Waals surface area contributed by atoms with E-state index in [0.717, 1.165) is 60.9 Å². The van der Waals surface area contributed by atoms with E-state index in [9.17, 15) is 9.18 Å². The molecule has 0 bridgehead atoms. The summed E-state index contributed by atoms with van der Waals surface area (Å²) in [6.07, 6.45) is 8.75. The lowest BCUT2D eigenvalue weighted by atomic mass is 9.60. The minimum Gasteiger partial charge on any atom is -0.371 e. The lowest BCUT2D eigenvalue weighted by molar-refractivity contribution is -0.0714. The Labute approximate surface area is 203 Å². The van der Waals surface area contributed by atoms with E-state index in [-0.39, 0.29) is 11.4 Å². The van der Waals surface area contributed by atoms with Gasteiger partial charge < -0.3 is 9.80 Å². The molecule has 1 aliphatic carbocycles. The molecule has 1 spiro atoms. The normalized spacial score (nSPS) is 17.7. The molecular formula is C26H30FN7O. The minimum atomic E-state index is -0.195. The van der Waals surface area contributed by atoms with Gasteiger partial charge in [-0.15, -0.1) is 10.2 Å². The summed E-state index contributed by atoms with van der Waals surface area (Å²) in [6.45, 7) is 5.19. The molecule has 0 radical (unpaired) electrons. The standard InChI is InChI=1S/C26H30FN7O/c1-17-6-7-22(20-12-29-32(3)25(35)24(17)20)31(2)19-10-26(11-19)14-33(15-26)8-4-5-18-9-23-30-28-16-34(23)13-21(18)27/h6-7,9,12-13,16,19H,4-5,8,10-11,14-15H2,1-3H3. The molecule has 9 heteroatoms. The zero-order valence-electron chi connectivity index (χ0n) is 20.4. The lowest BCUT2D eigenvalue weighted by Crippen LogP contribution is -2.66. The molecule has 0 amide bonds. The number of fused-ring (bicyclic) bond motifs is 2. The predicted octanol–water partition coefficient (Wildman–Crippen LogP) is 2.96. The Morgan fingerprint density at radius 2 is 2.06 bits per heavy atom. The second kappa shape index (κ2) is 8.12. The maximum absolute atomic E-state index is 14.3. The van der Waals surface area contributed by atoms with Crippen LogP contribution in [-0.4, -0.2) is 62.0 Å². The van der Waals surface area contributed by atoms with Gasteiger partial charge in [-0.1, -0.05) is 6.07 Å². The van der Waals surface area contributed by atoms with Crippen LogP contribution < -0.4 is 10.5 Å². The van der Waals surface area contributed by atoms with Gasteiger partial charge in [0.15, 0.2) is 5.65 Å². The number of benzene rings is 1. The molecule has 0 N–H and O–H groups in total. The topological polar surface area (TPSA) is 71.6 Å². The van der Waals surface area contributed by atoms with Crippen molar-refractivity contribution in [1.82, 2.24) is 29.3 Å². The number of anilines is 1. The molecule has 0 unspecified atom stereocenters. The van der Waals surface area contributed by atoms with Crippen LogP contribution in [0.25, 0.3) is 16.4 Å². The zero-order valence-corrected chi connectivity index (χ0v) is 20.4. The van der Waals surface area contributed by atoms with E-state index < -0.39 is 0 Å². The molecular weight excluding hydrogens is 445 g/mol. The Morgan fingerprint density at radius 1 is 1.26 bits per heavy atom. The number of hydrogen-bond donors (Lipinski definition) is 0. The summed E-state index contributed by atoms with van der Waals surface area (Å²) in [5.41, 5.74) is 3.82. The molecule has 3 aromatic heterocycles. The third-order valence-electron chi connectivity index (χ3n) is 8.07. The first-order valence-corrected chi connectivity index (χ1v) is 12.2. The van der Waals surface area contributed by atoms with Crippen LogP contribution in [0.4, 0.5) is 10.1 Å². The van der Waals surface area contributed by atoms with Gasteiger partial charge in [0, 0.05) is 50.5 Å². The third kappa shape index (κ3) is 3.69. The van der Waals surface area contributed by atoms with Crippen molar-refractivity contribution >= 4 is 22.1 Å². The summed E-state index contributed by atoms with van der Waals surface area (Å²) in [5, 5.41) is 13.8. The second-order valence-electron chi connectivity index (χ2n) is 10.5. The van der Waals surface area contributed by atoms with E-state index in [1.54, 1.807) is 17.5 Å². The van der Waals surface area contributed by atoms with Crippen LogP contribution in [0.5, 0.6) is 0 Å². The molecule has 1 saturated heterocycles. The molecule has 1 aromatic carbocycles. The average Bonchev–Trinajstić information content (AvgIpc) is 3.23. The van der Waals surface area contributed by atoms with Crippen molar-refractivity contribution in [3.8, 4) is 0 Å². The van der Waals surface area contributed by atoms with Crippen LogP contribution >= 0.6 is 0 Å². The van der Waals surface area contributed by atoms with Crippen molar-refractivity contribution in [2.24, 2.45) is 12.5 Å². The molecule has 4 aromatic rings. The molecule has 2 fully saturated rings. The molecule has 182 valence electrons. The van der Waals surface area contributed by atoms with Crippen molar-refractivity contribution in [1.29, 1.82) is 0 Å². The fourth-order valence-corrected chi connectivity index (χ4v) is 6.10. The van der Waals surface area contributed by atoms with Gasteiger partial charge in [0.1, 0.15) is 12.1 Å². The summed E-state index contributed by atoms with van der Waals surface area (Å²) in [6, 6.07) is 6.42. The van der Waals surface area contributed by atoms with Crippen molar-refractivity contribution in [2.75, 3.05) is 31.6 Å². The van der Waals surface area contributed by atoms with Gasteiger partial charge in [0.25, 0.3) is 5.56 Å². The van der Waals surface area contributed by atoms with Crippen molar-refractivity contribution in [3.05, 3.63) is 64.2 Å². The highest BCUT2D eigenvalue weighted by Crippen LogP contribution is 2.51. The Kier molecular flexibility index (Phi) is 5.14. The third-order valence-corrected chi connectivity index (χ3v) is 8.07. The molecule has 8 nitrogen and oxygen atoms in total. The number of halogens is 1. The van der Waals surface area contributed by atoms with E-state index in [1.165, 1.54) is 17.2 Å². The van der Waals surface area contributed by atoms with Crippen LogP contribution in [-0.2, 0) is 13.5 Å². The van der Waals surface area contributed by atoms with Crippen molar-refractivity contribution in [2.45, 2.75) is 38.6 Å². The highest BCUT2D eigenvalue weighted by molar-refractivity contribution is 5.95. The summed E-state index contributed by atoms with van der Waals surface area (Å²) in [5.74, 6) is -0.195. The molecule has 0 atom stereocenters. The molecule has 2 aliphatic rings. The van der Waals surface area contributed by atoms with Crippen LogP contribution in [0.3, 0.4) is 0 Å². The largest absolute Gasteiger partial charge is 0.371 e. The molecule has 1 aliphatic heterocycles. The number of rotatable bonds is 6. The van der Waals surface area contributed by atoms with Gasteiger partial charge in [-0.3, -0.25) is 9.20 Å². The van der Waals surface area contributed by atoms with E-state index in [4.69, 9.17) is 0 Å². The fraction of sp³-hybridized carbons (Fsp3) is 0.462. The summed E-state index contributed by atoms with van der Waals surface area (Å²) in [4.78, 5) is 17.5. The number of hydrogen-bond acceptors (Lipinski definition) is 6. The summed E-state index contributed by atoms with van der Waals surface area (Å²) < 4.78 is 17.3. The van der Waals surface area contributed by atoms with Crippen molar-refractivity contribution < 1.29 is 4.39 Å². The van der Waals surface area contributed by atoms with Gasteiger partial charge >= 0.3 is 0 Å². The van der Waals surface area contributed by atoms with Gasteiger partial charge in [0.2, 0.25) is 0 Å². The van der Waals surface area contributed by atoms with Crippen LogP contribution in [0.15, 0.2) is 41.7 Å². The first-order valence-electron chi connectivity index (χ1n) is 12.2. The van der Waals surface area contributed by atoms with Crippen LogP contribution in [0.1, 0.15) is 30.4 Å². The van der Waals surface area contributed by atoms with Gasteiger partial charge in [-0.25, -0.2) is 9.07 Å². The van der Waals surface area contributed by atoms with Gasteiger partial charge in [-0.05, 0) is 67.8 Å². The highest BCUT2D eigenvalue weighted by Gasteiger charge is 2.53. The lowest BCUT2D eigenvalue weighted by Gasteiger charge is -2.61. The van der Waals surface area contributed by atoms with Gasteiger partial charge in [-0.2, -0.15) is 5.10 Å². The average molecular weight is 476 g/mol. The summed E-state index contributed by atoms with van der Waals surface area (Å²) >= 11 is 0. The molecule has 1 saturated carbocycles. The first-order chi connectivity index (χ1) is 16.8. The number of aryl methyl sites for hydroxylation is 3. The predicted molar refractivity (Wildman–Crippen MR) is 133 cm³/mol. The van der Waals surface area contributed by atoms with E-state index in [1.807, 2.05) is 19.2 Å². The van der Waals surface area contributed by atoms with Crippen molar-refractivity contribution in [3.63, 3.8) is 0 Å².